The molecule has 21 heavy (non-hydrogen) atoms. The monoisotopic (exact) mass is 288 g/mol. The van der Waals surface area contributed by atoms with E-state index in [1.807, 2.05) is 31.2 Å². The second kappa shape index (κ2) is 5.15. The molecule has 0 aromatic heterocycles. The summed E-state index contributed by atoms with van der Waals surface area (Å²) in [7, 11) is 0. The third kappa shape index (κ3) is 2.42. The van der Waals surface area contributed by atoms with Gasteiger partial charge >= 0.3 is 5.97 Å². The maximum Gasteiger partial charge on any atom is 0.326 e. The molecule has 2 aliphatic heterocycles. The van der Waals surface area contributed by atoms with Gasteiger partial charge < -0.3 is 15.3 Å². The van der Waals surface area contributed by atoms with E-state index in [0.29, 0.717) is 13.0 Å². The third-order valence-electron chi connectivity index (χ3n) is 4.64. The van der Waals surface area contributed by atoms with Crippen LogP contribution in [0.3, 0.4) is 0 Å². The highest BCUT2D eigenvalue weighted by molar-refractivity contribution is 5.90. The summed E-state index contributed by atoms with van der Waals surface area (Å²) in [5, 5.41) is 12.7. The molecule has 2 aliphatic rings. The van der Waals surface area contributed by atoms with E-state index in [1.54, 1.807) is 0 Å². The minimum atomic E-state index is -0.931. The van der Waals surface area contributed by atoms with Crippen molar-refractivity contribution in [2.45, 2.75) is 44.3 Å². The SMILES string of the molecule is CC1(C(=O)N2Cc3ccccc3CC2C(=O)O)CCCN1. The van der Waals surface area contributed by atoms with E-state index in [-0.39, 0.29) is 5.91 Å². The third-order valence-corrected chi connectivity index (χ3v) is 4.64. The summed E-state index contributed by atoms with van der Waals surface area (Å²) in [6.07, 6.45) is 2.09. The number of carboxylic acid groups (broad SMARTS) is 1. The molecule has 0 spiro atoms. The van der Waals surface area contributed by atoms with E-state index in [1.165, 1.54) is 4.90 Å². The zero-order valence-electron chi connectivity index (χ0n) is 12.1. The van der Waals surface area contributed by atoms with Crippen LogP contribution >= 0.6 is 0 Å². The Morgan fingerprint density at radius 2 is 2.05 bits per heavy atom. The fourth-order valence-corrected chi connectivity index (χ4v) is 3.35. The normalized spacial score (nSPS) is 28.2. The van der Waals surface area contributed by atoms with Gasteiger partial charge in [0.15, 0.2) is 0 Å². The number of nitrogens with zero attached hydrogens (tertiary/aromatic N) is 1. The Morgan fingerprint density at radius 3 is 2.67 bits per heavy atom. The molecule has 0 saturated carbocycles. The first-order chi connectivity index (χ1) is 10.0. The minimum Gasteiger partial charge on any atom is -0.480 e. The molecule has 0 radical (unpaired) electrons. The van der Waals surface area contributed by atoms with Gasteiger partial charge in [-0.05, 0) is 37.4 Å². The maximum atomic E-state index is 12.8. The lowest BCUT2D eigenvalue weighted by atomic mass is 9.90. The lowest BCUT2D eigenvalue weighted by Gasteiger charge is -2.39. The molecule has 2 heterocycles. The number of carboxylic acids is 1. The number of fused-ring (bicyclic) bond motifs is 1. The Morgan fingerprint density at radius 1 is 1.33 bits per heavy atom. The first kappa shape index (κ1) is 14.1. The molecule has 2 unspecified atom stereocenters. The maximum absolute atomic E-state index is 12.8. The summed E-state index contributed by atoms with van der Waals surface area (Å²) in [6, 6.07) is 6.99. The number of carbonyl (C=O) groups is 2. The largest absolute Gasteiger partial charge is 0.480 e. The Labute approximate surface area is 123 Å². The van der Waals surface area contributed by atoms with Gasteiger partial charge in [0.05, 0.1) is 5.54 Å². The topological polar surface area (TPSA) is 69.6 Å². The van der Waals surface area contributed by atoms with Crippen LogP contribution in [0.1, 0.15) is 30.9 Å². The van der Waals surface area contributed by atoms with Gasteiger partial charge in [-0.1, -0.05) is 24.3 Å². The van der Waals surface area contributed by atoms with Crippen LogP contribution in [-0.4, -0.2) is 40.0 Å². The van der Waals surface area contributed by atoms with Crippen molar-refractivity contribution in [1.82, 2.24) is 10.2 Å². The van der Waals surface area contributed by atoms with Crippen molar-refractivity contribution in [2.75, 3.05) is 6.54 Å². The van der Waals surface area contributed by atoms with Gasteiger partial charge in [-0.15, -0.1) is 0 Å². The predicted octanol–water partition coefficient (Wildman–Crippen LogP) is 1.17. The quantitative estimate of drug-likeness (QED) is 0.857. The number of aliphatic carboxylic acids is 1. The highest BCUT2D eigenvalue weighted by atomic mass is 16.4. The van der Waals surface area contributed by atoms with Gasteiger partial charge in [0.25, 0.3) is 0 Å². The average Bonchev–Trinajstić information content (AvgIpc) is 2.93. The van der Waals surface area contributed by atoms with E-state index < -0.39 is 17.6 Å². The molecule has 0 aliphatic carbocycles. The smallest absolute Gasteiger partial charge is 0.326 e. The molecule has 5 nitrogen and oxygen atoms in total. The van der Waals surface area contributed by atoms with Gasteiger partial charge in [0.2, 0.25) is 5.91 Å². The Kier molecular flexibility index (Phi) is 3.45. The molecule has 1 saturated heterocycles. The first-order valence-electron chi connectivity index (χ1n) is 7.37. The second-order valence-corrected chi connectivity index (χ2v) is 6.12. The van der Waals surface area contributed by atoms with Crippen molar-refractivity contribution in [3.8, 4) is 0 Å². The van der Waals surface area contributed by atoms with Gasteiger partial charge in [-0.2, -0.15) is 0 Å². The molecule has 1 aromatic carbocycles. The summed E-state index contributed by atoms with van der Waals surface area (Å²) in [6.45, 7) is 3.06. The zero-order chi connectivity index (χ0) is 15.0. The van der Waals surface area contributed by atoms with Crippen LogP contribution in [-0.2, 0) is 22.6 Å². The van der Waals surface area contributed by atoms with Crippen molar-refractivity contribution < 1.29 is 14.7 Å². The molecule has 1 aromatic rings. The van der Waals surface area contributed by atoms with Gasteiger partial charge in [-0.3, -0.25) is 4.79 Å². The van der Waals surface area contributed by atoms with Crippen LogP contribution in [0.5, 0.6) is 0 Å². The first-order valence-corrected chi connectivity index (χ1v) is 7.37. The molecule has 3 rings (SSSR count). The van der Waals surface area contributed by atoms with E-state index in [0.717, 1.165) is 30.5 Å². The summed E-state index contributed by atoms with van der Waals surface area (Å²) in [4.78, 5) is 26.0. The Bertz CT molecular complexity index is 579. The van der Waals surface area contributed by atoms with Crippen LogP contribution in [0.2, 0.25) is 0 Å². The van der Waals surface area contributed by atoms with E-state index in [9.17, 15) is 14.7 Å². The highest BCUT2D eigenvalue weighted by Gasteiger charge is 2.44. The van der Waals surface area contributed by atoms with Crippen molar-refractivity contribution in [3.63, 3.8) is 0 Å². The van der Waals surface area contributed by atoms with Gasteiger partial charge in [0, 0.05) is 13.0 Å². The lowest BCUT2D eigenvalue weighted by Crippen LogP contribution is -2.58. The number of amides is 1. The molecular formula is C16H20N2O3. The number of hydrogen-bond donors (Lipinski definition) is 2. The van der Waals surface area contributed by atoms with Crippen LogP contribution in [0.4, 0.5) is 0 Å². The minimum absolute atomic E-state index is 0.0955. The van der Waals surface area contributed by atoms with Crippen molar-refractivity contribution in [2.24, 2.45) is 0 Å². The predicted molar refractivity (Wildman–Crippen MR) is 77.8 cm³/mol. The van der Waals surface area contributed by atoms with E-state index >= 15 is 0 Å². The molecule has 112 valence electrons. The standard InChI is InChI=1S/C16H20N2O3/c1-16(7-4-8-17-16)15(21)18-10-12-6-3-2-5-11(12)9-13(18)14(19)20/h2-3,5-6,13,17H,4,7-10H2,1H3,(H,19,20). The second-order valence-electron chi connectivity index (χ2n) is 6.12. The van der Waals surface area contributed by atoms with Crippen molar-refractivity contribution >= 4 is 11.9 Å². The summed E-state index contributed by atoms with van der Waals surface area (Å²) < 4.78 is 0. The van der Waals surface area contributed by atoms with Crippen LogP contribution in [0.25, 0.3) is 0 Å². The Balaban J connectivity index is 1.92. The van der Waals surface area contributed by atoms with Crippen molar-refractivity contribution in [1.29, 1.82) is 0 Å². The zero-order valence-corrected chi connectivity index (χ0v) is 12.1. The molecule has 2 atom stereocenters. The molecule has 1 fully saturated rings. The number of carbonyl (C=O) groups excluding carboxylic acids is 1. The van der Waals surface area contributed by atoms with E-state index in [4.69, 9.17) is 0 Å². The number of benzene rings is 1. The molecule has 0 bridgehead atoms. The molecule has 5 heteroatoms. The molecular weight excluding hydrogens is 268 g/mol. The molecule has 2 N–H and O–H groups in total. The lowest BCUT2D eigenvalue weighted by molar-refractivity contribution is -0.154. The van der Waals surface area contributed by atoms with Crippen molar-refractivity contribution in [3.05, 3.63) is 35.4 Å². The van der Waals surface area contributed by atoms with E-state index in [2.05, 4.69) is 5.32 Å². The van der Waals surface area contributed by atoms with Crippen LogP contribution in [0.15, 0.2) is 24.3 Å². The van der Waals surface area contributed by atoms with Crippen LogP contribution < -0.4 is 5.32 Å². The number of rotatable bonds is 2. The summed E-state index contributed by atoms with van der Waals surface area (Å²) >= 11 is 0. The fraction of sp³-hybridized carbons (Fsp3) is 0.500. The average molecular weight is 288 g/mol. The summed E-state index contributed by atoms with van der Waals surface area (Å²) in [5.41, 5.74) is 1.45. The highest BCUT2D eigenvalue weighted by Crippen LogP contribution is 2.29. The Hall–Kier alpha value is -1.88. The van der Waals surface area contributed by atoms with Gasteiger partial charge in [0.1, 0.15) is 6.04 Å². The number of nitrogens with one attached hydrogen (secondary N) is 1. The summed E-state index contributed by atoms with van der Waals surface area (Å²) in [5.74, 6) is -1.03. The molecule has 1 amide bonds. The van der Waals surface area contributed by atoms with Crippen LogP contribution in [0, 0.1) is 0 Å². The van der Waals surface area contributed by atoms with Gasteiger partial charge in [-0.25, -0.2) is 4.79 Å². The fourth-order valence-electron chi connectivity index (χ4n) is 3.35. The number of hydrogen-bond acceptors (Lipinski definition) is 3.